The number of nitrogens with zero attached hydrogens (tertiary/aromatic N) is 2. The molecule has 1 amide bonds. The number of hydrogen-bond donors (Lipinski definition) is 1. The van der Waals surface area contributed by atoms with Crippen molar-refractivity contribution in [1.82, 2.24) is 15.5 Å². The maximum atomic E-state index is 10.9. The SMILES string of the molecule is CC(=O)NCc1ccc(-c2noc(-c3ccccc3)n2)s1. The Kier molecular flexibility index (Phi) is 3.79. The molecule has 0 spiro atoms. The van der Waals surface area contributed by atoms with Crippen LogP contribution in [0.2, 0.25) is 0 Å². The lowest BCUT2D eigenvalue weighted by Gasteiger charge is -1.96. The molecular formula is C15H13N3O2S. The minimum atomic E-state index is -0.0455. The first-order chi connectivity index (χ1) is 10.2. The highest BCUT2D eigenvalue weighted by Crippen LogP contribution is 2.27. The Morgan fingerprint density at radius 1 is 1.24 bits per heavy atom. The molecule has 106 valence electrons. The van der Waals surface area contributed by atoms with E-state index in [0.717, 1.165) is 15.3 Å². The summed E-state index contributed by atoms with van der Waals surface area (Å²) < 4.78 is 5.29. The van der Waals surface area contributed by atoms with Gasteiger partial charge in [0.25, 0.3) is 5.89 Å². The Labute approximate surface area is 125 Å². The van der Waals surface area contributed by atoms with Gasteiger partial charge in [0.1, 0.15) is 0 Å². The molecule has 0 aliphatic carbocycles. The summed E-state index contributed by atoms with van der Waals surface area (Å²) in [5.74, 6) is 1.02. The van der Waals surface area contributed by atoms with Crippen molar-refractivity contribution >= 4 is 17.2 Å². The molecule has 21 heavy (non-hydrogen) atoms. The second kappa shape index (κ2) is 5.88. The van der Waals surface area contributed by atoms with E-state index in [-0.39, 0.29) is 5.91 Å². The molecule has 0 saturated heterocycles. The molecule has 0 aliphatic heterocycles. The van der Waals surface area contributed by atoms with Crippen LogP contribution >= 0.6 is 11.3 Å². The summed E-state index contributed by atoms with van der Waals surface area (Å²) in [6, 6.07) is 13.5. The predicted octanol–water partition coefficient (Wildman–Crippen LogP) is 3.10. The standard InChI is InChI=1S/C15H13N3O2S/c1-10(19)16-9-12-7-8-13(21-12)14-17-15(20-18-14)11-5-3-2-4-6-11/h2-8H,9H2,1H3,(H,16,19). The maximum absolute atomic E-state index is 10.9. The van der Waals surface area contributed by atoms with E-state index >= 15 is 0 Å². The Hall–Kier alpha value is -2.47. The van der Waals surface area contributed by atoms with Crippen LogP contribution in [0.25, 0.3) is 22.2 Å². The van der Waals surface area contributed by atoms with Crippen LogP contribution in [0.4, 0.5) is 0 Å². The fraction of sp³-hybridized carbons (Fsp3) is 0.133. The van der Waals surface area contributed by atoms with E-state index in [1.165, 1.54) is 18.3 Å². The summed E-state index contributed by atoms with van der Waals surface area (Å²) in [7, 11) is 0. The largest absolute Gasteiger partial charge is 0.351 e. The predicted molar refractivity (Wildman–Crippen MR) is 80.6 cm³/mol. The molecule has 0 bridgehead atoms. The molecule has 1 aromatic carbocycles. The quantitative estimate of drug-likeness (QED) is 0.803. The monoisotopic (exact) mass is 299 g/mol. The van der Waals surface area contributed by atoms with Crippen LogP contribution in [0, 0.1) is 0 Å². The van der Waals surface area contributed by atoms with Gasteiger partial charge in [-0.3, -0.25) is 4.79 Å². The molecule has 6 heteroatoms. The van der Waals surface area contributed by atoms with Gasteiger partial charge in [-0.2, -0.15) is 4.98 Å². The van der Waals surface area contributed by atoms with Gasteiger partial charge in [-0.05, 0) is 24.3 Å². The van der Waals surface area contributed by atoms with Crippen LogP contribution in [0.1, 0.15) is 11.8 Å². The molecule has 2 heterocycles. The number of aromatic nitrogens is 2. The molecule has 1 N–H and O–H groups in total. The summed E-state index contributed by atoms with van der Waals surface area (Å²) in [4.78, 5) is 17.3. The first kappa shape index (κ1) is 13.5. The van der Waals surface area contributed by atoms with E-state index in [9.17, 15) is 4.79 Å². The smallest absolute Gasteiger partial charge is 0.258 e. The molecule has 0 unspecified atom stereocenters. The summed E-state index contributed by atoms with van der Waals surface area (Å²) in [6.07, 6.45) is 0. The van der Waals surface area contributed by atoms with E-state index in [1.54, 1.807) is 0 Å². The van der Waals surface area contributed by atoms with Crippen molar-refractivity contribution in [2.75, 3.05) is 0 Å². The lowest BCUT2D eigenvalue weighted by molar-refractivity contribution is -0.119. The summed E-state index contributed by atoms with van der Waals surface area (Å²) in [5, 5.41) is 6.77. The topological polar surface area (TPSA) is 68.0 Å². The third-order valence-electron chi connectivity index (χ3n) is 2.84. The molecule has 0 saturated carbocycles. The Morgan fingerprint density at radius 2 is 2.05 bits per heavy atom. The van der Waals surface area contributed by atoms with Crippen molar-refractivity contribution < 1.29 is 9.32 Å². The fourth-order valence-corrected chi connectivity index (χ4v) is 2.70. The maximum Gasteiger partial charge on any atom is 0.258 e. The highest BCUT2D eigenvalue weighted by atomic mass is 32.1. The number of nitrogens with one attached hydrogen (secondary N) is 1. The lowest BCUT2D eigenvalue weighted by atomic mass is 10.2. The Morgan fingerprint density at radius 3 is 2.81 bits per heavy atom. The highest BCUT2D eigenvalue weighted by Gasteiger charge is 2.12. The van der Waals surface area contributed by atoms with E-state index in [0.29, 0.717) is 18.3 Å². The van der Waals surface area contributed by atoms with Gasteiger partial charge in [0.15, 0.2) is 0 Å². The van der Waals surface area contributed by atoms with Crippen LogP contribution in [0.5, 0.6) is 0 Å². The average Bonchev–Trinajstić information content (AvgIpc) is 3.15. The molecular weight excluding hydrogens is 286 g/mol. The number of hydrogen-bond acceptors (Lipinski definition) is 5. The van der Waals surface area contributed by atoms with Crippen molar-refractivity contribution in [3.05, 3.63) is 47.3 Å². The summed E-state index contributed by atoms with van der Waals surface area (Å²) in [6.45, 7) is 2.02. The van der Waals surface area contributed by atoms with Gasteiger partial charge in [0, 0.05) is 17.4 Å². The number of carbonyl (C=O) groups excluding carboxylic acids is 1. The zero-order chi connectivity index (χ0) is 14.7. The fourth-order valence-electron chi connectivity index (χ4n) is 1.83. The van der Waals surface area contributed by atoms with Crippen LogP contribution in [-0.4, -0.2) is 16.0 Å². The molecule has 0 radical (unpaired) electrons. The van der Waals surface area contributed by atoms with Gasteiger partial charge in [-0.15, -0.1) is 11.3 Å². The molecule has 0 aliphatic rings. The number of amides is 1. The molecule has 0 atom stereocenters. The second-order valence-corrected chi connectivity index (χ2v) is 5.63. The molecule has 3 aromatic rings. The summed E-state index contributed by atoms with van der Waals surface area (Å²) >= 11 is 1.54. The second-order valence-electron chi connectivity index (χ2n) is 4.46. The van der Waals surface area contributed by atoms with Gasteiger partial charge >= 0.3 is 0 Å². The molecule has 3 rings (SSSR count). The van der Waals surface area contributed by atoms with E-state index in [4.69, 9.17) is 4.52 Å². The zero-order valence-electron chi connectivity index (χ0n) is 11.4. The van der Waals surface area contributed by atoms with Crippen LogP contribution in [-0.2, 0) is 11.3 Å². The zero-order valence-corrected chi connectivity index (χ0v) is 12.2. The first-order valence-corrected chi connectivity index (χ1v) is 7.26. The van der Waals surface area contributed by atoms with Crippen LogP contribution < -0.4 is 5.32 Å². The van der Waals surface area contributed by atoms with Crippen molar-refractivity contribution in [2.24, 2.45) is 0 Å². The van der Waals surface area contributed by atoms with Crippen molar-refractivity contribution in [1.29, 1.82) is 0 Å². The van der Waals surface area contributed by atoms with E-state index in [1.807, 2.05) is 42.5 Å². The number of rotatable bonds is 4. The van der Waals surface area contributed by atoms with Gasteiger partial charge in [-0.1, -0.05) is 23.4 Å². The number of carbonyl (C=O) groups is 1. The van der Waals surface area contributed by atoms with Crippen LogP contribution in [0.3, 0.4) is 0 Å². The molecule has 2 aromatic heterocycles. The first-order valence-electron chi connectivity index (χ1n) is 6.45. The number of thiophene rings is 1. The Bertz CT molecular complexity index is 749. The van der Waals surface area contributed by atoms with E-state index in [2.05, 4.69) is 15.5 Å². The van der Waals surface area contributed by atoms with Crippen molar-refractivity contribution in [2.45, 2.75) is 13.5 Å². The molecule has 5 nitrogen and oxygen atoms in total. The molecule has 0 fully saturated rings. The van der Waals surface area contributed by atoms with Crippen molar-refractivity contribution in [3.8, 4) is 22.2 Å². The van der Waals surface area contributed by atoms with Crippen molar-refractivity contribution in [3.63, 3.8) is 0 Å². The van der Waals surface area contributed by atoms with Gasteiger partial charge in [0.2, 0.25) is 11.7 Å². The van der Waals surface area contributed by atoms with Gasteiger partial charge in [-0.25, -0.2) is 0 Å². The minimum Gasteiger partial charge on any atom is -0.351 e. The normalized spacial score (nSPS) is 10.5. The third-order valence-corrected chi connectivity index (χ3v) is 3.92. The third kappa shape index (κ3) is 3.17. The summed E-state index contributed by atoms with van der Waals surface area (Å²) in [5.41, 5.74) is 0.895. The van der Waals surface area contributed by atoms with Gasteiger partial charge < -0.3 is 9.84 Å². The van der Waals surface area contributed by atoms with Gasteiger partial charge in [0.05, 0.1) is 11.4 Å². The van der Waals surface area contributed by atoms with E-state index < -0.39 is 0 Å². The van der Waals surface area contributed by atoms with Crippen LogP contribution in [0.15, 0.2) is 47.0 Å². The lowest BCUT2D eigenvalue weighted by Crippen LogP contribution is -2.17. The average molecular weight is 299 g/mol. The highest BCUT2D eigenvalue weighted by molar-refractivity contribution is 7.15. The number of benzene rings is 1. The minimum absolute atomic E-state index is 0.0455. The Balaban J connectivity index is 1.79.